The molecule has 0 saturated heterocycles. The lowest BCUT2D eigenvalue weighted by Crippen LogP contribution is -2.24. The summed E-state index contributed by atoms with van der Waals surface area (Å²) in [5, 5.41) is 10.8. The van der Waals surface area contributed by atoms with Crippen molar-refractivity contribution < 1.29 is 4.39 Å². The van der Waals surface area contributed by atoms with Crippen molar-refractivity contribution in [2.45, 2.75) is 0 Å². The maximum atomic E-state index is 13.4. The smallest absolute Gasteiger partial charge is 0.292 e. The SMILES string of the molecule is CN(/N=C\c1c[nH]c2ccccc12)c1cnn(-c2ccc(F)c(Cl)c2)c(=O)c1Cl. The first-order valence-corrected chi connectivity index (χ1v) is 9.28. The highest BCUT2D eigenvalue weighted by molar-refractivity contribution is 6.33. The summed E-state index contributed by atoms with van der Waals surface area (Å²) in [5.74, 6) is -0.586. The average Bonchev–Trinajstić information content (AvgIpc) is 3.13. The number of hydrogen-bond acceptors (Lipinski definition) is 4. The number of fused-ring (bicyclic) bond motifs is 1. The van der Waals surface area contributed by atoms with E-state index in [9.17, 15) is 9.18 Å². The van der Waals surface area contributed by atoms with Crippen LogP contribution in [0, 0.1) is 5.82 Å². The van der Waals surface area contributed by atoms with Crippen LogP contribution in [0.4, 0.5) is 10.1 Å². The van der Waals surface area contributed by atoms with Gasteiger partial charge in [-0.25, -0.2) is 4.39 Å². The van der Waals surface area contributed by atoms with Crippen molar-refractivity contribution in [1.82, 2.24) is 14.8 Å². The van der Waals surface area contributed by atoms with Gasteiger partial charge in [-0.1, -0.05) is 41.4 Å². The molecule has 2 aromatic carbocycles. The molecule has 6 nitrogen and oxygen atoms in total. The topological polar surface area (TPSA) is 66.3 Å². The quantitative estimate of drug-likeness (QED) is 0.379. The molecule has 4 rings (SSSR count). The molecule has 146 valence electrons. The van der Waals surface area contributed by atoms with E-state index in [2.05, 4.69) is 15.2 Å². The molecule has 4 aromatic rings. The molecular weight excluding hydrogens is 416 g/mol. The average molecular weight is 430 g/mol. The van der Waals surface area contributed by atoms with Crippen LogP contribution in [0.15, 0.2) is 64.8 Å². The lowest BCUT2D eigenvalue weighted by Gasteiger charge is -2.15. The first-order valence-electron chi connectivity index (χ1n) is 8.53. The fourth-order valence-corrected chi connectivity index (χ4v) is 3.29. The van der Waals surface area contributed by atoms with E-state index in [1.807, 2.05) is 30.5 Å². The van der Waals surface area contributed by atoms with Crippen molar-refractivity contribution >= 4 is 46.0 Å². The van der Waals surface area contributed by atoms with Gasteiger partial charge >= 0.3 is 0 Å². The second kappa shape index (κ2) is 7.69. The molecule has 0 aliphatic rings. The minimum absolute atomic E-state index is 0.0703. The molecule has 0 aliphatic carbocycles. The highest BCUT2D eigenvalue weighted by atomic mass is 35.5. The van der Waals surface area contributed by atoms with E-state index in [0.717, 1.165) is 27.2 Å². The van der Waals surface area contributed by atoms with Crippen LogP contribution in [-0.2, 0) is 0 Å². The Morgan fingerprint density at radius 1 is 1.24 bits per heavy atom. The van der Waals surface area contributed by atoms with E-state index in [-0.39, 0.29) is 10.0 Å². The monoisotopic (exact) mass is 429 g/mol. The summed E-state index contributed by atoms with van der Waals surface area (Å²) in [6.07, 6.45) is 4.92. The molecule has 0 atom stereocenters. The Hall–Kier alpha value is -3.16. The van der Waals surface area contributed by atoms with E-state index in [4.69, 9.17) is 23.2 Å². The third-order valence-corrected chi connectivity index (χ3v) is 5.03. The third kappa shape index (κ3) is 3.62. The summed E-state index contributed by atoms with van der Waals surface area (Å²) < 4.78 is 14.4. The van der Waals surface area contributed by atoms with Crippen LogP contribution in [0.3, 0.4) is 0 Å². The number of halogens is 3. The molecule has 0 amide bonds. The maximum Gasteiger partial charge on any atom is 0.292 e. The fourth-order valence-electron chi connectivity index (χ4n) is 2.86. The van der Waals surface area contributed by atoms with E-state index in [1.54, 1.807) is 13.3 Å². The van der Waals surface area contributed by atoms with Crippen molar-refractivity contribution in [1.29, 1.82) is 0 Å². The van der Waals surface area contributed by atoms with E-state index < -0.39 is 11.4 Å². The number of anilines is 1. The number of aromatic amines is 1. The van der Waals surface area contributed by atoms with Gasteiger partial charge in [0, 0.05) is 29.7 Å². The Labute approximate surface area is 174 Å². The summed E-state index contributed by atoms with van der Waals surface area (Å²) >= 11 is 12.1. The fraction of sp³-hybridized carbons (Fsp3) is 0.0500. The van der Waals surface area contributed by atoms with Crippen molar-refractivity contribution in [2.75, 3.05) is 12.1 Å². The zero-order chi connectivity index (χ0) is 20.5. The van der Waals surface area contributed by atoms with E-state index in [1.165, 1.54) is 23.3 Å². The Balaban J connectivity index is 1.65. The number of rotatable bonds is 4. The Bertz CT molecular complexity index is 1300. The molecule has 29 heavy (non-hydrogen) atoms. The van der Waals surface area contributed by atoms with Crippen molar-refractivity contribution in [2.24, 2.45) is 5.10 Å². The summed E-state index contributed by atoms with van der Waals surface area (Å²) in [6, 6.07) is 11.7. The molecule has 0 unspecified atom stereocenters. The molecule has 0 saturated carbocycles. The predicted molar refractivity (Wildman–Crippen MR) is 114 cm³/mol. The van der Waals surface area contributed by atoms with E-state index in [0.29, 0.717) is 11.4 Å². The molecule has 0 aliphatic heterocycles. The summed E-state index contributed by atoms with van der Waals surface area (Å²) in [4.78, 5) is 15.8. The van der Waals surface area contributed by atoms with Gasteiger partial charge in [0.2, 0.25) is 0 Å². The first kappa shape index (κ1) is 19.2. The number of H-pyrrole nitrogens is 1. The van der Waals surface area contributed by atoms with Gasteiger partial charge in [-0.05, 0) is 24.3 Å². The molecule has 1 N–H and O–H groups in total. The van der Waals surface area contributed by atoms with Crippen LogP contribution in [-0.4, -0.2) is 28.0 Å². The largest absolute Gasteiger partial charge is 0.361 e. The number of hydrazone groups is 1. The molecule has 0 bridgehead atoms. The Morgan fingerprint density at radius 3 is 2.83 bits per heavy atom. The normalized spacial score (nSPS) is 11.4. The zero-order valence-corrected chi connectivity index (χ0v) is 16.6. The van der Waals surface area contributed by atoms with Gasteiger partial charge in [0.05, 0.1) is 23.1 Å². The Kier molecular flexibility index (Phi) is 5.08. The first-order chi connectivity index (χ1) is 14.0. The highest BCUT2D eigenvalue weighted by Crippen LogP contribution is 2.23. The zero-order valence-electron chi connectivity index (χ0n) is 15.1. The number of nitrogens with zero attached hydrogens (tertiary/aromatic N) is 4. The van der Waals surface area contributed by atoms with Crippen LogP contribution >= 0.6 is 23.2 Å². The van der Waals surface area contributed by atoms with E-state index >= 15 is 0 Å². The van der Waals surface area contributed by atoms with Crippen molar-refractivity contribution in [3.63, 3.8) is 0 Å². The van der Waals surface area contributed by atoms with Gasteiger partial charge in [0.1, 0.15) is 16.5 Å². The second-order valence-corrected chi connectivity index (χ2v) is 7.00. The lowest BCUT2D eigenvalue weighted by atomic mass is 10.2. The summed E-state index contributed by atoms with van der Waals surface area (Å²) in [5.41, 5.74) is 1.96. The van der Waals surface area contributed by atoms with Crippen LogP contribution in [0.25, 0.3) is 16.6 Å². The molecule has 0 spiro atoms. The number of hydrogen-bond donors (Lipinski definition) is 1. The molecule has 0 radical (unpaired) electrons. The molecular formula is C20H14Cl2FN5O. The van der Waals surface area contributed by atoms with Gasteiger partial charge < -0.3 is 4.98 Å². The summed E-state index contributed by atoms with van der Waals surface area (Å²) in [6.45, 7) is 0. The molecule has 2 aromatic heterocycles. The lowest BCUT2D eigenvalue weighted by molar-refractivity contribution is 0.627. The number of aromatic nitrogens is 3. The highest BCUT2D eigenvalue weighted by Gasteiger charge is 2.14. The minimum atomic E-state index is -0.586. The summed E-state index contributed by atoms with van der Waals surface area (Å²) in [7, 11) is 1.66. The Morgan fingerprint density at radius 2 is 2.03 bits per heavy atom. The minimum Gasteiger partial charge on any atom is -0.361 e. The van der Waals surface area contributed by atoms with Gasteiger partial charge in [-0.3, -0.25) is 9.80 Å². The standard InChI is InChI=1S/C20H14Cl2FN5O/c1-27(25-10-12-9-24-17-5-3-2-4-14(12)17)18-11-26-28(20(29)19(18)22)13-6-7-16(23)15(21)8-13/h2-11,24H,1H3/b25-10-. The van der Waals surface area contributed by atoms with Gasteiger partial charge in [0.25, 0.3) is 5.56 Å². The van der Waals surface area contributed by atoms with Crippen LogP contribution in [0.1, 0.15) is 5.56 Å². The molecule has 9 heteroatoms. The van der Waals surface area contributed by atoms with Gasteiger partial charge in [-0.15, -0.1) is 0 Å². The molecule has 0 fully saturated rings. The third-order valence-electron chi connectivity index (χ3n) is 4.39. The van der Waals surface area contributed by atoms with Gasteiger partial charge in [-0.2, -0.15) is 14.9 Å². The van der Waals surface area contributed by atoms with Crippen molar-refractivity contribution in [3.8, 4) is 5.69 Å². The van der Waals surface area contributed by atoms with Crippen LogP contribution in [0.2, 0.25) is 10.0 Å². The maximum absolute atomic E-state index is 13.4. The molecule has 2 heterocycles. The number of para-hydroxylation sites is 1. The van der Waals surface area contributed by atoms with Crippen LogP contribution in [0.5, 0.6) is 0 Å². The number of nitrogens with one attached hydrogen (secondary N) is 1. The van der Waals surface area contributed by atoms with Crippen LogP contribution < -0.4 is 10.6 Å². The predicted octanol–water partition coefficient (Wildman–Crippen LogP) is 4.63. The van der Waals surface area contributed by atoms with Gasteiger partial charge in [0.15, 0.2) is 0 Å². The van der Waals surface area contributed by atoms with Crippen molar-refractivity contribution in [3.05, 3.63) is 86.6 Å². The second-order valence-electron chi connectivity index (χ2n) is 6.22. The number of benzene rings is 2.